The zero-order chi connectivity index (χ0) is 7.78. The van der Waals surface area contributed by atoms with Crippen LogP contribution in [0.5, 0.6) is 0 Å². The van der Waals surface area contributed by atoms with E-state index in [4.69, 9.17) is 0 Å². The van der Waals surface area contributed by atoms with Crippen molar-refractivity contribution in [3.63, 3.8) is 0 Å². The largest absolute Gasteiger partial charge is 0.402 e. The van der Waals surface area contributed by atoms with E-state index < -0.39 is 18.0 Å². The Hall–Kier alpha value is -0.670. The van der Waals surface area contributed by atoms with E-state index in [9.17, 15) is 13.6 Å². The molecule has 0 spiro atoms. The molecule has 0 aromatic carbocycles. The third-order valence-corrected chi connectivity index (χ3v) is 1.33. The van der Waals surface area contributed by atoms with E-state index in [0.29, 0.717) is 12.8 Å². The molecule has 0 heterocycles. The van der Waals surface area contributed by atoms with Crippen LogP contribution in [0.2, 0.25) is 0 Å². The fourth-order valence-electron chi connectivity index (χ4n) is 0.694. The number of esters is 1. The molecule has 1 fully saturated rings. The van der Waals surface area contributed by atoms with Gasteiger partial charge in [0.2, 0.25) is 0 Å². The molecule has 1 saturated carbocycles. The predicted octanol–water partition coefficient (Wildman–Crippen LogP) is 1.55. The Morgan fingerprint density at radius 2 is 2.10 bits per heavy atom. The molecule has 0 bridgehead atoms. The van der Waals surface area contributed by atoms with E-state index in [-0.39, 0.29) is 0 Å². The first-order chi connectivity index (χ1) is 4.52. The van der Waals surface area contributed by atoms with Crippen molar-refractivity contribution in [1.29, 1.82) is 0 Å². The summed E-state index contributed by atoms with van der Waals surface area (Å²) < 4.78 is 28.6. The van der Waals surface area contributed by atoms with Crippen molar-refractivity contribution >= 4 is 5.97 Å². The normalized spacial score (nSPS) is 18.7. The Morgan fingerprint density at radius 1 is 1.60 bits per heavy atom. The van der Waals surface area contributed by atoms with E-state index in [1.54, 1.807) is 0 Å². The maximum Gasteiger partial charge on any atom is 0.402 e. The van der Waals surface area contributed by atoms with E-state index >= 15 is 0 Å². The third kappa shape index (κ3) is 1.65. The Bertz CT molecular complexity index is 152. The second-order valence-corrected chi connectivity index (χ2v) is 2.43. The first-order valence-electron chi connectivity index (χ1n) is 3.10. The molecule has 0 N–H and O–H groups in total. The average Bonchev–Trinajstić information content (AvgIpc) is 2.35. The van der Waals surface area contributed by atoms with Crippen LogP contribution in [0.25, 0.3) is 0 Å². The summed E-state index contributed by atoms with van der Waals surface area (Å²) in [7, 11) is 0. The SMILES string of the molecule is CC(=O)OC(F)(F)C1CC1. The minimum Gasteiger partial charge on any atom is -0.401 e. The van der Waals surface area contributed by atoms with Crippen molar-refractivity contribution in [1.82, 2.24) is 0 Å². The Morgan fingerprint density at radius 3 is 2.40 bits per heavy atom. The van der Waals surface area contributed by atoms with Gasteiger partial charge in [-0.25, -0.2) is 0 Å². The predicted molar refractivity (Wildman–Crippen MR) is 29.4 cm³/mol. The molecule has 0 atom stereocenters. The van der Waals surface area contributed by atoms with Crippen LogP contribution in [0.3, 0.4) is 0 Å². The second-order valence-electron chi connectivity index (χ2n) is 2.43. The van der Waals surface area contributed by atoms with Gasteiger partial charge in [-0.2, -0.15) is 8.78 Å². The van der Waals surface area contributed by atoms with Crippen molar-refractivity contribution in [2.45, 2.75) is 25.9 Å². The first kappa shape index (κ1) is 7.44. The fraction of sp³-hybridized carbons (Fsp3) is 0.833. The van der Waals surface area contributed by atoms with Crippen LogP contribution in [0.1, 0.15) is 19.8 Å². The monoisotopic (exact) mass is 150 g/mol. The number of hydrogen-bond donors (Lipinski definition) is 0. The van der Waals surface area contributed by atoms with Crippen molar-refractivity contribution in [2.75, 3.05) is 0 Å². The molecule has 10 heavy (non-hydrogen) atoms. The Kier molecular flexibility index (Phi) is 1.62. The molecule has 0 unspecified atom stereocenters. The second kappa shape index (κ2) is 2.18. The molecule has 0 aromatic heterocycles. The molecule has 0 amide bonds. The number of rotatable bonds is 2. The third-order valence-electron chi connectivity index (χ3n) is 1.33. The van der Waals surface area contributed by atoms with Gasteiger partial charge in [0.15, 0.2) is 0 Å². The molecule has 58 valence electrons. The van der Waals surface area contributed by atoms with Crippen LogP contribution >= 0.6 is 0 Å². The quantitative estimate of drug-likeness (QED) is 0.558. The van der Waals surface area contributed by atoms with E-state index in [1.807, 2.05) is 0 Å². The Labute approximate surface area is 57.2 Å². The zero-order valence-corrected chi connectivity index (χ0v) is 5.56. The minimum atomic E-state index is -3.22. The van der Waals surface area contributed by atoms with Gasteiger partial charge in [-0.3, -0.25) is 4.79 Å². The zero-order valence-electron chi connectivity index (χ0n) is 5.56. The number of hydrogen-bond acceptors (Lipinski definition) is 2. The molecule has 0 saturated heterocycles. The summed E-state index contributed by atoms with van der Waals surface area (Å²) in [5, 5.41) is 0. The lowest BCUT2D eigenvalue weighted by Crippen LogP contribution is -2.25. The topological polar surface area (TPSA) is 26.3 Å². The summed E-state index contributed by atoms with van der Waals surface area (Å²) in [6.45, 7) is 0.982. The molecule has 2 nitrogen and oxygen atoms in total. The van der Waals surface area contributed by atoms with Gasteiger partial charge in [0, 0.05) is 6.92 Å². The standard InChI is InChI=1S/C6H8F2O2/c1-4(9)10-6(7,8)5-2-3-5/h5H,2-3H2,1H3. The van der Waals surface area contributed by atoms with Crippen molar-refractivity contribution in [2.24, 2.45) is 5.92 Å². The molecule has 1 aliphatic rings. The average molecular weight is 150 g/mol. The van der Waals surface area contributed by atoms with Crippen LogP contribution < -0.4 is 0 Å². The summed E-state index contributed by atoms with van der Waals surface area (Å²) in [6.07, 6.45) is -2.30. The highest BCUT2D eigenvalue weighted by molar-refractivity contribution is 5.66. The first-order valence-corrected chi connectivity index (χ1v) is 3.10. The van der Waals surface area contributed by atoms with Crippen LogP contribution in [0, 0.1) is 5.92 Å². The van der Waals surface area contributed by atoms with Crippen LogP contribution in [0.15, 0.2) is 0 Å². The van der Waals surface area contributed by atoms with Crippen LogP contribution in [-0.2, 0) is 9.53 Å². The van der Waals surface area contributed by atoms with Gasteiger partial charge in [-0.15, -0.1) is 0 Å². The molecular weight excluding hydrogens is 142 g/mol. The number of halogens is 2. The highest BCUT2D eigenvalue weighted by Crippen LogP contribution is 2.43. The number of carbonyl (C=O) groups is 1. The molecule has 1 rings (SSSR count). The van der Waals surface area contributed by atoms with Gasteiger partial charge in [-0.1, -0.05) is 0 Å². The maximum absolute atomic E-state index is 12.4. The van der Waals surface area contributed by atoms with E-state index in [0.717, 1.165) is 6.92 Å². The van der Waals surface area contributed by atoms with Crippen molar-refractivity contribution in [3.05, 3.63) is 0 Å². The van der Waals surface area contributed by atoms with E-state index in [1.165, 1.54) is 0 Å². The molecule has 1 aliphatic carbocycles. The molecule has 0 aromatic rings. The highest BCUT2D eigenvalue weighted by Gasteiger charge is 2.49. The molecule has 0 radical (unpaired) electrons. The van der Waals surface area contributed by atoms with Gasteiger partial charge >= 0.3 is 12.1 Å². The van der Waals surface area contributed by atoms with Crippen molar-refractivity contribution < 1.29 is 18.3 Å². The summed E-state index contributed by atoms with van der Waals surface area (Å²) in [5.74, 6) is -1.65. The van der Waals surface area contributed by atoms with Crippen LogP contribution in [0.4, 0.5) is 8.78 Å². The van der Waals surface area contributed by atoms with Gasteiger partial charge in [0.05, 0.1) is 5.92 Å². The lowest BCUT2D eigenvalue weighted by atomic mass is 10.4. The lowest BCUT2D eigenvalue weighted by Gasteiger charge is -2.13. The highest BCUT2D eigenvalue weighted by atomic mass is 19.3. The summed E-state index contributed by atoms with van der Waals surface area (Å²) in [4.78, 5) is 10.1. The molecule has 0 aliphatic heterocycles. The number of alkyl halides is 2. The van der Waals surface area contributed by atoms with Crippen molar-refractivity contribution in [3.8, 4) is 0 Å². The van der Waals surface area contributed by atoms with E-state index in [2.05, 4.69) is 4.74 Å². The fourth-order valence-corrected chi connectivity index (χ4v) is 0.694. The van der Waals surface area contributed by atoms with Crippen LogP contribution in [-0.4, -0.2) is 12.1 Å². The molecule has 4 heteroatoms. The summed E-state index contributed by atoms with van der Waals surface area (Å²) in [6, 6.07) is 0. The summed E-state index contributed by atoms with van der Waals surface area (Å²) in [5.41, 5.74) is 0. The minimum absolute atomic E-state index is 0.459. The number of carbonyl (C=O) groups excluding carboxylic acids is 1. The maximum atomic E-state index is 12.4. The number of ether oxygens (including phenoxy) is 1. The summed E-state index contributed by atoms with van der Waals surface area (Å²) >= 11 is 0. The lowest BCUT2D eigenvalue weighted by molar-refractivity contribution is -0.241. The van der Waals surface area contributed by atoms with Gasteiger partial charge in [0.1, 0.15) is 0 Å². The van der Waals surface area contributed by atoms with Gasteiger partial charge < -0.3 is 4.74 Å². The Balaban J connectivity index is 2.41. The van der Waals surface area contributed by atoms with Gasteiger partial charge in [-0.05, 0) is 12.8 Å². The smallest absolute Gasteiger partial charge is 0.401 e. The van der Waals surface area contributed by atoms with Gasteiger partial charge in [0.25, 0.3) is 0 Å². The molecular formula is C6H8F2O2.